The van der Waals surface area contributed by atoms with Crippen LogP contribution in [0, 0.1) is 11.2 Å². The van der Waals surface area contributed by atoms with Crippen LogP contribution in [0.15, 0.2) is 72.8 Å². The minimum Gasteiger partial charge on any atom is -0.384 e. The van der Waals surface area contributed by atoms with Gasteiger partial charge >= 0.3 is 0 Å². The Kier molecular flexibility index (Phi) is 6.82. The van der Waals surface area contributed by atoms with Crippen LogP contribution in [0.25, 0.3) is 11.1 Å². The highest BCUT2D eigenvalue weighted by Gasteiger charge is 2.28. The van der Waals surface area contributed by atoms with Gasteiger partial charge in [-0.1, -0.05) is 60.7 Å². The van der Waals surface area contributed by atoms with Gasteiger partial charge in [-0.05, 0) is 28.8 Å². The number of benzene rings is 3. The van der Waals surface area contributed by atoms with Crippen molar-refractivity contribution in [2.45, 2.75) is 12.6 Å². The number of amidine groups is 1. The zero-order chi connectivity index (χ0) is 21.7. The molecule has 3 aromatic rings. The lowest BCUT2D eigenvalue weighted by Gasteiger charge is -2.22. The molecule has 0 aliphatic rings. The van der Waals surface area contributed by atoms with Gasteiger partial charge in [0.1, 0.15) is 11.7 Å². The van der Waals surface area contributed by atoms with Crippen molar-refractivity contribution in [1.82, 2.24) is 4.42 Å². The first kappa shape index (κ1) is 21.5. The molecule has 0 radical (unpaired) electrons. The molecule has 0 aliphatic carbocycles. The van der Waals surface area contributed by atoms with Crippen LogP contribution in [0.5, 0.6) is 0 Å². The highest BCUT2D eigenvalue weighted by atomic mass is 35.5. The average Bonchev–Trinajstić information content (AvgIpc) is 2.76. The standard InChI is InChI=1S/C23H21ClFN3O2/c1-30-21(19-13-18(11-12-20(19)25)16-5-3-2-4-6-16)23(29)28(24)14-15-7-9-17(10-8-15)22(26)27/h2-13,21H,14H2,1H3,(H3,26,27). The lowest BCUT2D eigenvalue weighted by atomic mass is 9.99. The molecule has 1 unspecified atom stereocenters. The van der Waals surface area contributed by atoms with Crippen LogP contribution in [0.2, 0.25) is 0 Å². The third kappa shape index (κ3) is 4.84. The van der Waals surface area contributed by atoms with Crippen LogP contribution >= 0.6 is 11.8 Å². The van der Waals surface area contributed by atoms with Gasteiger partial charge < -0.3 is 10.5 Å². The topological polar surface area (TPSA) is 79.4 Å². The van der Waals surface area contributed by atoms with Crippen LogP contribution in [0.3, 0.4) is 0 Å². The number of carbonyl (C=O) groups excluding carboxylic acids is 1. The van der Waals surface area contributed by atoms with Crippen molar-refractivity contribution in [1.29, 1.82) is 5.41 Å². The second-order valence-electron chi connectivity index (χ2n) is 6.69. The van der Waals surface area contributed by atoms with E-state index in [-0.39, 0.29) is 17.9 Å². The number of nitrogens with zero attached hydrogens (tertiary/aromatic N) is 1. The summed E-state index contributed by atoms with van der Waals surface area (Å²) in [4.78, 5) is 12.9. The van der Waals surface area contributed by atoms with E-state index in [1.165, 1.54) is 13.2 Å². The lowest BCUT2D eigenvalue weighted by Crippen LogP contribution is -2.29. The fraction of sp³-hybridized carbons (Fsp3) is 0.130. The largest absolute Gasteiger partial charge is 0.384 e. The molecule has 0 bridgehead atoms. The molecule has 0 saturated heterocycles. The third-order valence-electron chi connectivity index (χ3n) is 4.67. The summed E-state index contributed by atoms with van der Waals surface area (Å²) in [5.74, 6) is -1.18. The maximum Gasteiger partial charge on any atom is 0.271 e. The van der Waals surface area contributed by atoms with Crippen molar-refractivity contribution in [2.24, 2.45) is 5.73 Å². The van der Waals surface area contributed by atoms with Gasteiger partial charge in [-0.25, -0.2) is 8.81 Å². The molecule has 5 nitrogen and oxygen atoms in total. The van der Waals surface area contributed by atoms with Crippen LogP contribution < -0.4 is 5.73 Å². The molecule has 154 valence electrons. The van der Waals surface area contributed by atoms with E-state index in [0.29, 0.717) is 5.56 Å². The maximum absolute atomic E-state index is 14.6. The number of nitrogen functional groups attached to an aromatic ring is 1. The molecule has 0 heterocycles. The fourth-order valence-corrected chi connectivity index (χ4v) is 3.30. The Morgan fingerprint density at radius 1 is 1.10 bits per heavy atom. The minimum atomic E-state index is -1.19. The number of carbonyl (C=O) groups is 1. The zero-order valence-corrected chi connectivity index (χ0v) is 17.1. The molecule has 0 fully saturated rings. The van der Waals surface area contributed by atoms with Crippen molar-refractivity contribution in [3.63, 3.8) is 0 Å². The Labute approximate surface area is 179 Å². The maximum atomic E-state index is 14.6. The molecule has 0 aliphatic heterocycles. The molecule has 7 heteroatoms. The van der Waals surface area contributed by atoms with Gasteiger partial charge in [0.2, 0.25) is 0 Å². The molecule has 0 saturated carbocycles. The first-order chi connectivity index (χ1) is 14.4. The normalized spacial score (nSPS) is 11.7. The Bertz CT molecular complexity index is 1040. The predicted molar refractivity (Wildman–Crippen MR) is 115 cm³/mol. The molecule has 3 N–H and O–H groups in total. The van der Waals surface area contributed by atoms with Gasteiger partial charge in [-0.2, -0.15) is 0 Å². The van der Waals surface area contributed by atoms with Crippen LogP contribution in [-0.2, 0) is 16.1 Å². The summed E-state index contributed by atoms with van der Waals surface area (Å²) in [6.07, 6.45) is -1.19. The summed E-state index contributed by atoms with van der Waals surface area (Å²) in [6, 6.07) is 20.8. The van der Waals surface area contributed by atoms with Crippen molar-refractivity contribution < 1.29 is 13.9 Å². The number of methoxy groups -OCH3 is 1. The minimum absolute atomic E-state index is 0.0476. The summed E-state index contributed by atoms with van der Waals surface area (Å²) >= 11 is 6.22. The third-order valence-corrected chi connectivity index (χ3v) is 4.96. The Balaban J connectivity index is 1.82. The molecular formula is C23H21ClFN3O2. The Hall–Kier alpha value is -3.22. The van der Waals surface area contributed by atoms with Gasteiger partial charge in [0, 0.05) is 30.0 Å². The second-order valence-corrected chi connectivity index (χ2v) is 7.10. The van der Waals surface area contributed by atoms with E-state index < -0.39 is 17.8 Å². The molecule has 3 rings (SSSR count). The molecule has 30 heavy (non-hydrogen) atoms. The number of halogens is 2. The van der Waals surface area contributed by atoms with E-state index in [9.17, 15) is 9.18 Å². The van der Waals surface area contributed by atoms with E-state index in [4.69, 9.17) is 27.7 Å². The van der Waals surface area contributed by atoms with Gasteiger partial charge in [0.05, 0.1) is 6.54 Å². The molecular weight excluding hydrogens is 405 g/mol. The second kappa shape index (κ2) is 9.52. The molecule has 1 atom stereocenters. The average molecular weight is 426 g/mol. The number of hydrogen-bond acceptors (Lipinski definition) is 3. The van der Waals surface area contributed by atoms with E-state index in [0.717, 1.165) is 21.1 Å². The van der Waals surface area contributed by atoms with Crippen LogP contribution in [-0.4, -0.2) is 23.3 Å². The van der Waals surface area contributed by atoms with Crippen LogP contribution in [0.1, 0.15) is 22.8 Å². The van der Waals surface area contributed by atoms with Crippen molar-refractivity contribution in [2.75, 3.05) is 7.11 Å². The van der Waals surface area contributed by atoms with Gasteiger partial charge in [0.25, 0.3) is 5.91 Å². The number of ether oxygens (including phenoxy) is 1. The lowest BCUT2D eigenvalue weighted by molar-refractivity contribution is -0.138. The van der Waals surface area contributed by atoms with Crippen molar-refractivity contribution >= 4 is 23.5 Å². The molecule has 0 aromatic heterocycles. The number of amides is 1. The number of hydrogen-bond donors (Lipinski definition) is 2. The predicted octanol–water partition coefficient (Wildman–Crippen LogP) is 4.65. The number of nitrogens with one attached hydrogen (secondary N) is 1. The summed E-state index contributed by atoms with van der Waals surface area (Å²) in [6.45, 7) is 0.0818. The first-order valence-corrected chi connectivity index (χ1v) is 9.52. The molecule has 3 aromatic carbocycles. The summed E-state index contributed by atoms with van der Waals surface area (Å²) in [7, 11) is 1.34. The fourth-order valence-electron chi connectivity index (χ4n) is 3.07. The smallest absolute Gasteiger partial charge is 0.271 e. The summed E-state index contributed by atoms with van der Waals surface area (Å²) in [5, 5.41) is 7.43. The van der Waals surface area contributed by atoms with Gasteiger partial charge in [-0.15, -0.1) is 0 Å². The number of rotatable bonds is 7. The Morgan fingerprint density at radius 2 is 1.77 bits per heavy atom. The van der Waals surface area contributed by atoms with E-state index >= 15 is 0 Å². The van der Waals surface area contributed by atoms with E-state index in [2.05, 4.69) is 0 Å². The zero-order valence-electron chi connectivity index (χ0n) is 16.3. The molecule has 0 spiro atoms. The monoisotopic (exact) mass is 425 g/mol. The first-order valence-electron chi connectivity index (χ1n) is 9.19. The summed E-state index contributed by atoms with van der Waals surface area (Å²) in [5.41, 5.74) is 8.52. The van der Waals surface area contributed by atoms with E-state index in [1.54, 1.807) is 36.4 Å². The highest BCUT2D eigenvalue weighted by Crippen LogP contribution is 2.29. The molecule has 1 amide bonds. The summed E-state index contributed by atoms with van der Waals surface area (Å²) < 4.78 is 20.9. The van der Waals surface area contributed by atoms with Crippen molar-refractivity contribution in [3.05, 3.63) is 95.3 Å². The highest BCUT2D eigenvalue weighted by molar-refractivity contribution is 6.21. The quantitative estimate of drug-likeness (QED) is 0.328. The number of nitrogens with two attached hydrogens (primary N) is 1. The van der Waals surface area contributed by atoms with Gasteiger partial charge in [-0.3, -0.25) is 10.2 Å². The van der Waals surface area contributed by atoms with E-state index in [1.807, 2.05) is 30.3 Å². The van der Waals surface area contributed by atoms with Crippen molar-refractivity contribution in [3.8, 4) is 11.1 Å². The SMILES string of the molecule is COC(C(=O)N(Cl)Cc1ccc(C(=N)N)cc1)c1cc(-c2ccccc2)ccc1F. The van der Waals surface area contributed by atoms with Crippen LogP contribution in [0.4, 0.5) is 4.39 Å². The Morgan fingerprint density at radius 3 is 2.37 bits per heavy atom. The van der Waals surface area contributed by atoms with Gasteiger partial charge in [0.15, 0.2) is 6.10 Å².